The second-order valence-corrected chi connectivity index (χ2v) is 7.68. The molecule has 0 saturated carbocycles. The molecule has 0 saturated heterocycles. The number of carbonyl (C=O) groups is 2. The van der Waals surface area contributed by atoms with Crippen molar-refractivity contribution in [2.75, 3.05) is 12.4 Å². The van der Waals surface area contributed by atoms with Gasteiger partial charge in [0.2, 0.25) is 0 Å². The molecule has 0 heterocycles. The van der Waals surface area contributed by atoms with E-state index >= 15 is 0 Å². The Morgan fingerprint density at radius 3 is 2.14 bits per heavy atom. The molecule has 3 aromatic carbocycles. The fraction of sp³-hybridized carbons (Fsp3) is 0.130. The summed E-state index contributed by atoms with van der Waals surface area (Å²) in [6, 6.07) is 24.7. The van der Waals surface area contributed by atoms with Crippen molar-refractivity contribution in [3.05, 3.63) is 89.4 Å². The van der Waals surface area contributed by atoms with Gasteiger partial charge >= 0.3 is 5.97 Å². The van der Waals surface area contributed by atoms with Crippen LogP contribution in [0.15, 0.2) is 83.8 Å². The van der Waals surface area contributed by atoms with E-state index in [0.29, 0.717) is 16.3 Å². The Kier molecular flexibility index (Phi) is 7.29. The third-order valence-electron chi connectivity index (χ3n) is 4.07. The second-order valence-electron chi connectivity index (χ2n) is 6.08. The first kappa shape index (κ1) is 20.2. The number of ether oxygens (including phenoxy) is 1. The molecule has 0 bridgehead atoms. The van der Waals surface area contributed by atoms with Crippen LogP contribution >= 0.6 is 23.4 Å². The summed E-state index contributed by atoms with van der Waals surface area (Å²) in [5.41, 5.74) is 2.66. The molecule has 0 N–H and O–H groups in total. The number of benzene rings is 3. The van der Waals surface area contributed by atoms with Crippen LogP contribution in [0, 0.1) is 0 Å². The predicted octanol–water partition coefficient (Wildman–Crippen LogP) is 5.92. The molecule has 3 nitrogen and oxygen atoms in total. The van der Waals surface area contributed by atoms with Crippen LogP contribution in [0.25, 0.3) is 11.1 Å². The Balaban J connectivity index is 1.43. The summed E-state index contributed by atoms with van der Waals surface area (Å²) in [5.74, 6) is -0.00510. The Hall–Kier alpha value is -2.56. The first-order valence-electron chi connectivity index (χ1n) is 8.84. The highest BCUT2D eigenvalue weighted by Gasteiger charge is 2.10. The topological polar surface area (TPSA) is 43.4 Å². The number of ketones is 1. The minimum absolute atomic E-state index is 0.210. The van der Waals surface area contributed by atoms with Crippen LogP contribution in [0.5, 0.6) is 0 Å². The third-order valence-corrected chi connectivity index (χ3v) is 5.33. The number of thioether (sulfide) groups is 1. The Labute approximate surface area is 173 Å². The van der Waals surface area contributed by atoms with E-state index in [9.17, 15) is 9.59 Å². The van der Waals surface area contributed by atoms with E-state index < -0.39 is 0 Å². The SMILES string of the molecule is O=C(CCSc1ccc(Cl)cc1)OCC(=O)c1ccc(-c2ccccc2)cc1. The van der Waals surface area contributed by atoms with Crippen molar-refractivity contribution in [3.63, 3.8) is 0 Å². The minimum Gasteiger partial charge on any atom is -0.457 e. The summed E-state index contributed by atoms with van der Waals surface area (Å²) in [7, 11) is 0. The van der Waals surface area contributed by atoms with Gasteiger partial charge in [0.25, 0.3) is 0 Å². The molecular weight excluding hydrogens is 392 g/mol. The quantitative estimate of drug-likeness (QED) is 0.263. The fourth-order valence-electron chi connectivity index (χ4n) is 2.56. The van der Waals surface area contributed by atoms with E-state index in [0.717, 1.165) is 16.0 Å². The van der Waals surface area contributed by atoms with Gasteiger partial charge in [-0.25, -0.2) is 0 Å². The largest absolute Gasteiger partial charge is 0.457 e. The zero-order valence-corrected chi connectivity index (χ0v) is 16.7. The highest BCUT2D eigenvalue weighted by molar-refractivity contribution is 7.99. The Morgan fingerprint density at radius 2 is 1.46 bits per heavy atom. The highest BCUT2D eigenvalue weighted by atomic mass is 35.5. The molecule has 0 fully saturated rings. The van der Waals surface area contributed by atoms with Crippen molar-refractivity contribution >= 4 is 35.1 Å². The highest BCUT2D eigenvalue weighted by Crippen LogP contribution is 2.21. The standard InChI is InChI=1S/C23H19ClO3S/c24-20-10-12-21(13-11-20)28-15-14-23(26)27-16-22(25)19-8-6-18(7-9-19)17-4-2-1-3-5-17/h1-13H,14-16H2. The molecular formula is C23H19ClO3S. The maximum Gasteiger partial charge on any atom is 0.307 e. The van der Waals surface area contributed by atoms with Gasteiger partial charge in [-0.1, -0.05) is 66.2 Å². The van der Waals surface area contributed by atoms with Gasteiger partial charge in [-0.05, 0) is 35.4 Å². The Morgan fingerprint density at radius 1 is 0.821 bits per heavy atom. The zero-order valence-electron chi connectivity index (χ0n) is 15.1. The van der Waals surface area contributed by atoms with Crippen molar-refractivity contribution < 1.29 is 14.3 Å². The van der Waals surface area contributed by atoms with Crippen LogP contribution in [0.4, 0.5) is 0 Å². The molecule has 0 amide bonds. The number of carbonyl (C=O) groups excluding carboxylic acids is 2. The summed E-state index contributed by atoms with van der Waals surface area (Å²) in [6.07, 6.45) is 0.244. The van der Waals surface area contributed by atoms with Crippen LogP contribution in [-0.2, 0) is 9.53 Å². The van der Waals surface area contributed by atoms with E-state index in [-0.39, 0.29) is 24.8 Å². The van der Waals surface area contributed by atoms with Gasteiger partial charge in [-0.15, -0.1) is 11.8 Å². The molecule has 3 aromatic rings. The van der Waals surface area contributed by atoms with E-state index in [1.807, 2.05) is 66.7 Å². The van der Waals surface area contributed by atoms with Crippen molar-refractivity contribution in [1.29, 1.82) is 0 Å². The zero-order chi connectivity index (χ0) is 19.8. The average molecular weight is 411 g/mol. The van der Waals surface area contributed by atoms with Crippen molar-refractivity contribution in [3.8, 4) is 11.1 Å². The average Bonchev–Trinajstić information content (AvgIpc) is 2.74. The van der Waals surface area contributed by atoms with Gasteiger partial charge < -0.3 is 4.74 Å². The molecule has 0 aliphatic heterocycles. The molecule has 142 valence electrons. The van der Waals surface area contributed by atoms with Gasteiger partial charge in [0, 0.05) is 21.2 Å². The van der Waals surface area contributed by atoms with Crippen molar-refractivity contribution in [2.24, 2.45) is 0 Å². The van der Waals surface area contributed by atoms with E-state index in [1.165, 1.54) is 0 Å². The first-order valence-corrected chi connectivity index (χ1v) is 10.2. The molecule has 0 spiro atoms. The van der Waals surface area contributed by atoms with Crippen LogP contribution in [0.3, 0.4) is 0 Å². The van der Waals surface area contributed by atoms with Crippen LogP contribution < -0.4 is 0 Å². The first-order chi connectivity index (χ1) is 13.6. The lowest BCUT2D eigenvalue weighted by atomic mass is 10.0. The third kappa shape index (κ3) is 5.98. The molecule has 0 aromatic heterocycles. The maximum atomic E-state index is 12.2. The summed E-state index contributed by atoms with van der Waals surface area (Å²) in [5, 5.41) is 0.680. The second kappa shape index (κ2) is 10.1. The summed E-state index contributed by atoms with van der Waals surface area (Å²) < 4.78 is 5.11. The van der Waals surface area contributed by atoms with Crippen LogP contribution in [0.1, 0.15) is 16.8 Å². The van der Waals surface area contributed by atoms with Gasteiger partial charge in [0.15, 0.2) is 12.4 Å². The lowest BCUT2D eigenvalue weighted by molar-refractivity contribution is -0.141. The molecule has 0 unspecified atom stereocenters. The summed E-state index contributed by atoms with van der Waals surface area (Å²) >= 11 is 7.39. The summed E-state index contributed by atoms with van der Waals surface area (Å²) in [4.78, 5) is 25.1. The maximum absolute atomic E-state index is 12.2. The van der Waals surface area contributed by atoms with Gasteiger partial charge in [-0.3, -0.25) is 9.59 Å². The van der Waals surface area contributed by atoms with Crippen LogP contribution in [-0.4, -0.2) is 24.1 Å². The molecule has 28 heavy (non-hydrogen) atoms. The molecule has 5 heteroatoms. The molecule has 0 atom stereocenters. The number of hydrogen-bond donors (Lipinski definition) is 0. The van der Waals surface area contributed by atoms with Gasteiger partial charge in [0.1, 0.15) is 0 Å². The van der Waals surface area contributed by atoms with Gasteiger partial charge in [-0.2, -0.15) is 0 Å². The van der Waals surface area contributed by atoms with Crippen molar-refractivity contribution in [1.82, 2.24) is 0 Å². The van der Waals surface area contributed by atoms with Gasteiger partial charge in [0.05, 0.1) is 6.42 Å². The van der Waals surface area contributed by atoms with Crippen LogP contribution in [0.2, 0.25) is 5.02 Å². The lowest BCUT2D eigenvalue weighted by Crippen LogP contribution is -2.14. The molecule has 0 aliphatic rings. The monoisotopic (exact) mass is 410 g/mol. The van der Waals surface area contributed by atoms with E-state index in [1.54, 1.807) is 23.9 Å². The van der Waals surface area contributed by atoms with Crippen molar-refractivity contribution in [2.45, 2.75) is 11.3 Å². The summed E-state index contributed by atoms with van der Waals surface area (Å²) in [6.45, 7) is -0.241. The lowest BCUT2D eigenvalue weighted by Gasteiger charge is -2.06. The number of hydrogen-bond acceptors (Lipinski definition) is 4. The molecule has 0 radical (unpaired) electrons. The van der Waals surface area contributed by atoms with E-state index in [2.05, 4.69) is 0 Å². The minimum atomic E-state index is -0.379. The fourth-order valence-corrected chi connectivity index (χ4v) is 3.52. The van der Waals surface area contributed by atoms with E-state index in [4.69, 9.17) is 16.3 Å². The number of Topliss-reactive ketones (excluding diaryl/α,β-unsaturated/α-hetero) is 1. The predicted molar refractivity (Wildman–Crippen MR) is 114 cm³/mol. The smallest absolute Gasteiger partial charge is 0.307 e. The normalized spacial score (nSPS) is 10.5. The number of halogens is 1. The Bertz CT molecular complexity index is 922. The molecule has 3 rings (SSSR count). The number of rotatable bonds is 8. The number of esters is 1. The molecule has 0 aliphatic carbocycles.